The van der Waals surface area contributed by atoms with Crippen LogP contribution in [0.1, 0.15) is 50.3 Å². The van der Waals surface area contributed by atoms with Gasteiger partial charge in [0.1, 0.15) is 0 Å². The van der Waals surface area contributed by atoms with E-state index in [9.17, 15) is 0 Å². The summed E-state index contributed by atoms with van der Waals surface area (Å²) in [6.45, 7) is 4.55. The van der Waals surface area contributed by atoms with Gasteiger partial charge in [-0.2, -0.15) is 0 Å². The zero-order valence-corrected chi connectivity index (χ0v) is 9.79. The number of rotatable bonds is 4. The molecule has 0 heterocycles. The molecule has 2 rings (SSSR count). The SMILES string of the molecule is CCC[C@H](C)NC1CCc2ccccc21. The highest BCUT2D eigenvalue weighted by Gasteiger charge is 2.22. The van der Waals surface area contributed by atoms with Gasteiger partial charge in [0.2, 0.25) is 0 Å². The number of fused-ring (bicyclic) bond motifs is 1. The third-order valence-corrected chi connectivity index (χ3v) is 3.34. The molecule has 1 nitrogen and oxygen atoms in total. The van der Waals surface area contributed by atoms with Crippen LogP contribution in [0.3, 0.4) is 0 Å². The second-order valence-corrected chi connectivity index (χ2v) is 4.65. The molecule has 0 amide bonds. The van der Waals surface area contributed by atoms with E-state index in [0.29, 0.717) is 12.1 Å². The number of nitrogens with one attached hydrogen (secondary N) is 1. The van der Waals surface area contributed by atoms with Gasteiger partial charge in [-0.15, -0.1) is 0 Å². The molecule has 0 spiro atoms. The van der Waals surface area contributed by atoms with Crippen molar-refractivity contribution in [3.8, 4) is 0 Å². The Bertz CT molecular complexity index is 319. The standard InChI is InChI=1S/C14H21N/c1-3-6-11(2)15-14-10-9-12-7-4-5-8-13(12)14/h4-5,7-8,11,14-15H,3,6,9-10H2,1-2H3/t11-,14?/m0/s1. The molecule has 0 aliphatic heterocycles. The predicted molar refractivity (Wildman–Crippen MR) is 65.0 cm³/mol. The zero-order valence-electron chi connectivity index (χ0n) is 9.79. The van der Waals surface area contributed by atoms with Crippen molar-refractivity contribution in [3.63, 3.8) is 0 Å². The summed E-state index contributed by atoms with van der Waals surface area (Å²) in [4.78, 5) is 0. The molecule has 1 aliphatic rings. The molecular weight excluding hydrogens is 182 g/mol. The fraction of sp³-hybridized carbons (Fsp3) is 0.571. The van der Waals surface area contributed by atoms with Crippen LogP contribution in [0.2, 0.25) is 0 Å². The van der Waals surface area contributed by atoms with E-state index in [1.807, 2.05) is 0 Å². The second-order valence-electron chi connectivity index (χ2n) is 4.65. The topological polar surface area (TPSA) is 12.0 Å². The minimum Gasteiger partial charge on any atom is -0.307 e. The Morgan fingerprint density at radius 1 is 1.40 bits per heavy atom. The summed E-state index contributed by atoms with van der Waals surface area (Å²) < 4.78 is 0. The Morgan fingerprint density at radius 2 is 2.20 bits per heavy atom. The summed E-state index contributed by atoms with van der Waals surface area (Å²) in [6.07, 6.45) is 5.06. The van der Waals surface area contributed by atoms with Crippen molar-refractivity contribution < 1.29 is 0 Å². The van der Waals surface area contributed by atoms with E-state index in [2.05, 4.69) is 43.4 Å². The molecule has 0 aromatic heterocycles. The van der Waals surface area contributed by atoms with Crippen LogP contribution in [-0.2, 0) is 6.42 Å². The maximum atomic E-state index is 3.74. The van der Waals surface area contributed by atoms with Crippen molar-refractivity contribution >= 4 is 0 Å². The lowest BCUT2D eigenvalue weighted by molar-refractivity contribution is 0.431. The minimum atomic E-state index is 0.600. The highest BCUT2D eigenvalue weighted by atomic mass is 14.9. The fourth-order valence-electron chi connectivity index (χ4n) is 2.59. The number of hydrogen-bond acceptors (Lipinski definition) is 1. The first-order valence-corrected chi connectivity index (χ1v) is 6.15. The maximum absolute atomic E-state index is 3.74. The van der Waals surface area contributed by atoms with E-state index in [4.69, 9.17) is 0 Å². The van der Waals surface area contributed by atoms with Gasteiger partial charge in [0.25, 0.3) is 0 Å². The maximum Gasteiger partial charge on any atom is 0.0328 e. The van der Waals surface area contributed by atoms with E-state index in [1.165, 1.54) is 31.2 Å². The molecule has 1 unspecified atom stereocenters. The first-order chi connectivity index (χ1) is 7.31. The second kappa shape index (κ2) is 4.80. The van der Waals surface area contributed by atoms with Crippen molar-refractivity contribution in [2.24, 2.45) is 0 Å². The van der Waals surface area contributed by atoms with E-state index < -0.39 is 0 Å². The Balaban J connectivity index is 2.01. The molecule has 1 heteroatoms. The van der Waals surface area contributed by atoms with Gasteiger partial charge in [-0.05, 0) is 37.3 Å². The van der Waals surface area contributed by atoms with Crippen molar-refractivity contribution in [2.75, 3.05) is 0 Å². The van der Waals surface area contributed by atoms with Crippen molar-refractivity contribution in [1.29, 1.82) is 0 Å². The third kappa shape index (κ3) is 2.40. The molecule has 1 aliphatic carbocycles. The van der Waals surface area contributed by atoms with Gasteiger partial charge in [0, 0.05) is 12.1 Å². The molecule has 1 aromatic rings. The van der Waals surface area contributed by atoms with Gasteiger partial charge < -0.3 is 5.32 Å². The van der Waals surface area contributed by atoms with Gasteiger partial charge >= 0.3 is 0 Å². The van der Waals surface area contributed by atoms with E-state index in [-0.39, 0.29) is 0 Å². The van der Waals surface area contributed by atoms with Crippen LogP contribution in [0.15, 0.2) is 24.3 Å². The van der Waals surface area contributed by atoms with Gasteiger partial charge in [-0.3, -0.25) is 0 Å². The monoisotopic (exact) mass is 203 g/mol. The third-order valence-electron chi connectivity index (χ3n) is 3.34. The summed E-state index contributed by atoms with van der Waals surface area (Å²) in [5.41, 5.74) is 3.07. The molecule has 2 atom stereocenters. The Kier molecular flexibility index (Phi) is 3.42. The lowest BCUT2D eigenvalue weighted by Gasteiger charge is -2.19. The number of aryl methyl sites for hydroxylation is 1. The number of hydrogen-bond donors (Lipinski definition) is 1. The molecule has 0 saturated carbocycles. The smallest absolute Gasteiger partial charge is 0.0328 e. The quantitative estimate of drug-likeness (QED) is 0.790. The fourth-order valence-corrected chi connectivity index (χ4v) is 2.59. The molecule has 82 valence electrons. The van der Waals surface area contributed by atoms with Gasteiger partial charge in [0.05, 0.1) is 0 Å². The molecule has 1 N–H and O–H groups in total. The van der Waals surface area contributed by atoms with Crippen LogP contribution >= 0.6 is 0 Å². The molecular formula is C14H21N. The van der Waals surface area contributed by atoms with Gasteiger partial charge in [-0.1, -0.05) is 37.6 Å². The molecule has 0 fully saturated rings. The summed E-state index contributed by atoms with van der Waals surface area (Å²) >= 11 is 0. The van der Waals surface area contributed by atoms with E-state index >= 15 is 0 Å². The van der Waals surface area contributed by atoms with Crippen molar-refractivity contribution in [3.05, 3.63) is 35.4 Å². The highest BCUT2D eigenvalue weighted by Crippen LogP contribution is 2.31. The number of benzene rings is 1. The van der Waals surface area contributed by atoms with Crippen LogP contribution in [0, 0.1) is 0 Å². The largest absolute Gasteiger partial charge is 0.307 e. The lowest BCUT2D eigenvalue weighted by Crippen LogP contribution is -2.29. The van der Waals surface area contributed by atoms with Crippen LogP contribution in [-0.4, -0.2) is 6.04 Å². The Hall–Kier alpha value is -0.820. The average molecular weight is 203 g/mol. The Morgan fingerprint density at radius 3 is 3.00 bits per heavy atom. The van der Waals surface area contributed by atoms with Crippen molar-refractivity contribution in [1.82, 2.24) is 5.32 Å². The summed E-state index contributed by atoms with van der Waals surface area (Å²) in [6, 6.07) is 10.1. The average Bonchev–Trinajstić information content (AvgIpc) is 2.62. The van der Waals surface area contributed by atoms with E-state index in [0.717, 1.165) is 0 Å². The van der Waals surface area contributed by atoms with Crippen LogP contribution in [0.5, 0.6) is 0 Å². The molecule has 15 heavy (non-hydrogen) atoms. The first-order valence-electron chi connectivity index (χ1n) is 6.15. The predicted octanol–water partition coefficient (Wildman–Crippen LogP) is 3.45. The van der Waals surface area contributed by atoms with Crippen LogP contribution < -0.4 is 5.32 Å². The summed E-state index contributed by atoms with van der Waals surface area (Å²) in [5, 5.41) is 3.74. The lowest BCUT2D eigenvalue weighted by atomic mass is 10.1. The molecule has 0 bridgehead atoms. The van der Waals surface area contributed by atoms with Crippen molar-refractivity contribution in [2.45, 2.75) is 51.6 Å². The molecule has 1 aromatic carbocycles. The normalized spacial score (nSPS) is 21.3. The van der Waals surface area contributed by atoms with Gasteiger partial charge in [-0.25, -0.2) is 0 Å². The van der Waals surface area contributed by atoms with E-state index in [1.54, 1.807) is 5.56 Å². The van der Waals surface area contributed by atoms with Crippen LogP contribution in [0.4, 0.5) is 0 Å². The van der Waals surface area contributed by atoms with Crippen LogP contribution in [0.25, 0.3) is 0 Å². The molecule has 0 saturated heterocycles. The Labute approximate surface area is 92.9 Å². The zero-order chi connectivity index (χ0) is 10.7. The molecule has 0 radical (unpaired) electrons. The highest BCUT2D eigenvalue weighted by molar-refractivity contribution is 5.34. The summed E-state index contributed by atoms with van der Waals surface area (Å²) in [7, 11) is 0. The summed E-state index contributed by atoms with van der Waals surface area (Å²) in [5.74, 6) is 0. The van der Waals surface area contributed by atoms with Gasteiger partial charge in [0.15, 0.2) is 0 Å². The minimum absolute atomic E-state index is 0.600. The first kappa shape index (κ1) is 10.7.